The molecule has 2 rings (SSSR count). The maximum atomic E-state index is 11.7. The minimum atomic E-state index is -0.244. The lowest BCUT2D eigenvalue weighted by atomic mass is 10.1. The van der Waals surface area contributed by atoms with Gasteiger partial charge in [-0.15, -0.1) is 11.3 Å². The van der Waals surface area contributed by atoms with Gasteiger partial charge < -0.3 is 15.7 Å². The zero-order valence-electron chi connectivity index (χ0n) is 11.3. The first-order chi connectivity index (χ1) is 10.2. The number of aliphatic hydroxyl groups is 1. The number of aliphatic hydroxyl groups excluding tert-OH is 1. The number of carbonyl (C=O) groups excluding carboxylic acids is 2. The summed E-state index contributed by atoms with van der Waals surface area (Å²) in [5.74, 6) is -0.487. The van der Waals surface area contributed by atoms with Crippen LogP contribution in [0.3, 0.4) is 0 Å². The van der Waals surface area contributed by atoms with Gasteiger partial charge in [0.2, 0.25) is 5.91 Å². The number of carbonyl (C=O) groups is 2. The number of rotatable bonds is 6. The normalized spacial score (nSPS) is 10.1. The second-order valence-electron chi connectivity index (χ2n) is 4.41. The molecule has 0 saturated heterocycles. The highest BCUT2D eigenvalue weighted by Crippen LogP contribution is 2.07. The fourth-order valence-electron chi connectivity index (χ4n) is 1.68. The molecule has 0 atom stereocenters. The van der Waals surface area contributed by atoms with Crippen LogP contribution in [-0.2, 0) is 17.9 Å². The van der Waals surface area contributed by atoms with Gasteiger partial charge in [0.05, 0.1) is 18.0 Å². The molecular formula is C15H16N2O3S. The summed E-state index contributed by atoms with van der Waals surface area (Å²) < 4.78 is 0. The van der Waals surface area contributed by atoms with Gasteiger partial charge in [0.1, 0.15) is 0 Å². The summed E-state index contributed by atoms with van der Waals surface area (Å²) in [6.07, 6.45) is 0. The first-order valence-corrected chi connectivity index (χ1v) is 7.34. The van der Waals surface area contributed by atoms with Gasteiger partial charge in [-0.2, -0.15) is 0 Å². The van der Waals surface area contributed by atoms with Crippen LogP contribution in [0, 0.1) is 0 Å². The first kappa shape index (κ1) is 15.2. The molecule has 6 heteroatoms. The molecule has 2 amide bonds. The molecule has 1 aromatic carbocycles. The molecule has 0 saturated carbocycles. The lowest BCUT2D eigenvalue weighted by Crippen LogP contribution is -2.36. The molecule has 0 aliphatic carbocycles. The average Bonchev–Trinajstić information content (AvgIpc) is 3.05. The summed E-state index contributed by atoms with van der Waals surface area (Å²) >= 11 is 1.33. The van der Waals surface area contributed by atoms with Crippen molar-refractivity contribution in [3.63, 3.8) is 0 Å². The van der Waals surface area contributed by atoms with Gasteiger partial charge in [0.15, 0.2) is 0 Å². The Bertz CT molecular complexity index is 594. The number of nitrogens with one attached hydrogen (secondary N) is 2. The van der Waals surface area contributed by atoms with E-state index in [0.717, 1.165) is 11.1 Å². The van der Waals surface area contributed by atoms with Crippen molar-refractivity contribution in [2.45, 2.75) is 13.2 Å². The fourth-order valence-corrected chi connectivity index (χ4v) is 2.32. The highest BCUT2D eigenvalue weighted by Gasteiger charge is 2.08. The van der Waals surface area contributed by atoms with Gasteiger partial charge in [-0.1, -0.05) is 30.3 Å². The van der Waals surface area contributed by atoms with Crippen LogP contribution in [0.1, 0.15) is 20.8 Å². The summed E-state index contributed by atoms with van der Waals surface area (Å²) in [4.78, 5) is 23.9. The molecule has 110 valence electrons. The number of hydrogen-bond acceptors (Lipinski definition) is 4. The van der Waals surface area contributed by atoms with E-state index in [9.17, 15) is 9.59 Å². The van der Waals surface area contributed by atoms with Gasteiger partial charge in [0.25, 0.3) is 5.91 Å². The Morgan fingerprint density at radius 1 is 1.05 bits per heavy atom. The van der Waals surface area contributed by atoms with E-state index in [1.54, 1.807) is 24.3 Å². The van der Waals surface area contributed by atoms with Crippen molar-refractivity contribution in [2.24, 2.45) is 0 Å². The van der Waals surface area contributed by atoms with Gasteiger partial charge in [-0.25, -0.2) is 0 Å². The second-order valence-corrected chi connectivity index (χ2v) is 5.36. The average molecular weight is 304 g/mol. The van der Waals surface area contributed by atoms with Crippen molar-refractivity contribution in [1.82, 2.24) is 10.6 Å². The molecule has 1 aromatic heterocycles. The van der Waals surface area contributed by atoms with Gasteiger partial charge in [0, 0.05) is 6.54 Å². The molecule has 0 aliphatic rings. The molecule has 0 fully saturated rings. The smallest absolute Gasteiger partial charge is 0.261 e. The quantitative estimate of drug-likeness (QED) is 0.752. The zero-order chi connectivity index (χ0) is 15.1. The van der Waals surface area contributed by atoms with E-state index in [1.165, 1.54) is 11.3 Å². The van der Waals surface area contributed by atoms with E-state index >= 15 is 0 Å². The molecule has 3 N–H and O–H groups in total. The SMILES string of the molecule is O=C(CNC(=O)c1cccs1)NCc1ccc(CO)cc1. The maximum absolute atomic E-state index is 11.7. The zero-order valence-corrected chi connectivity index (χ0v) is 12.2. The monoisotopic (exact) mass is 304 g/mol. The van der Waals surface area contributed by atoms with Crippen LogP contribution in [0.25, 0.3) is 0 Å². The number of amides is 2. The topological polar surface area (TPSA) is 78.4 Å². The number of hydrogen-bond donors (Lipinski definition) is 3. The Labute approximate surface area is 126 Å². The number of benzene rings is 1. The Morgan fingerprint density at radius 3 is 2.38 bits per heavy atom. The van der Waals surface area contributed by atoms with Crippen molar-refractivity contribution in [2.75, 3.05) is 6.54 Å². The lowest BCUT2D eigenvalue weighted by molar-refractivity contribution is -0.120. The van der Waals surface area contributed by atoms with E-state index in [-0.39, 0.29) is 25.0 Å². The molecule has 0 aliphatic heterocycles. The minimum absolute atomic E-state index is 0.00138. The van der Waals surface area contributed by atoms with Gasteiger partial charge >= 0.3 is 0 Å². The summed E-state index contributed by atoms with van der Waals surface area (Å²) in [5.41, 5.74) is 1.76. The third-order valence-corrected chi connectivity index (χ3v) is 3.72. The molecule has 0 spiro atoms. The minimum Gasteiger partial charge on any atom is -0.392 e. The van der Waals surface area contributed by atoms with Crippen molar-refractivity contribution in [3.8, 4) is 0 Å². The van der Waals surface area contributed by atoms with Gasteiger partial charge in [-0.05, 0) is 22.6 Å². The molecule has 2 aromatic rings. The Morgan fingerprint density at radius 2 is 1.76 bits per heavy atom. The van der Waals surface area contributed by atoms with E-state index in [0.29, 0.717) is 11.4 Å². The summed E-state index contributed by atoms with van der Waals surface area (Å²) in [5, 5.41) is 16.0. The highest BCUT2D eigenvalue weighted by molar-refractivity contribution is 7.12. The highest BCUT2D eigenvalue weighted by atomic mass is 32.1. The van der Waals surface area contributed by atoms with E-state index < -0.39 is 0 Å². The second kappa shape index (κ2) is 7.56. The van der Waals surface area contributed by atoms with E-state index in [2.05, 4.69) is 10.6 Å². The lowest BCUT2D eigenvalue weighted by Gasteiger charge is -2.07. The third kappa shape index (κ3) is 4.70. The summed E-state index contributed by atoms with van der Waals surface area (Å²) in [6.45, 7) is 0.340. The Kier molecular flexibility index (Phi) is 5.48. The molecule has 5 nitrogen and oxygen atoms in total. The molecule has 0 unspecified atom stereocenters. The predicted molar refractivity (Wildman–Crippen MR) is 80.9 cm³/mol. The standard InChI is InChI=1S/C15H16N2O3S/c18-10-12-5-3-11(4-6-12)8-16-14(19)9-17-15(20)13-2-1-7-21-13/h1-7,18H,8-10H2,(H,16,19)(H,17,20). The van der Waals surface area contributed by atoms with Crippen LogP contribution in [0.4, 0.5) is 0 Å². The van der Waals surface area contributed by atoms with Crippen molar-refractivity contribution in [1.29, 1.82) is 0 Å². The van der Waals surface area contributed by atoms with Crippen LogP contribution < -0.4 is 10.6 Å². The van der Waals surface area contributed by atoms with Crippen molar-refractivity contribution in [3.05, 3.63) is 57.8 Å². The molecule has 0 radical (unpaired) electrons. The van der Waals surface area contributed by atoms with Crippen LogP contribution >= 0.6 is 11.3 Å². The maximum Gasteiger partial charge on any atom is 0.261 e. The summed E-state index contributed by atoms with van der Waals surface area (Å²) in [7, 11) is 0. The molecule has 0 bridgehead atoms. The van der Waals surface area contributed by atoms with Crippen LogP contribution in [0.5, 0.6) is 0 Å². The third-order valence-electron chi connectivity index (χ3n) is 2.85. The van der Waals surface area contributed by atoms with Gasteiger partial charge in [-0.3, -0.25) is 9.59 Å². The number of thiophene rings is 1. The van der Waals surface area contributed by atoms with E-state index in [4.69, 9.17) is 5.11 Å². The van der Waals surface area contributed by atoms with Crippen LogP contribution in [-0.4, -0.2) is 23.5 Å². The largest absolute Gasteiger partial charge is 0.392 e. The van der Waals surface area contributed by atoms with Crippen molar-refractivity contribution >= 4 is 23.2 Å². The van der Waals surface area contributed by atoms with Crippen LogP contribution in [0.15, 0.2) is 41.8 Å². The van der Waals surface area contributed by atoms with E-state index in [1.807, 2.05) is 17.5 Å². The summed E-state index contributed by atoms with van der Waals surface area (Å²) in [6, 6.07) is 10.8. The molecular weight excluding hydrogens is 288 g/mol. The molecule has 21 heavy (non-hydrogen) atoms. The Hall–Kier alpha value is -2.18. The molecule has 1 heterocycles. The van der Waals surface area contributed by atoms with Crippen LogP contribution in [0.2, 0.25) is 0 Å². The first-order valence-electron chi connectivity index (χ1n) is 6.46. The predicted octanol–water partition coefficient (Wildman–Crippen LogP) is 1.29. The van der Waals surface area contributed by atoms with Crippen molar-refractivity contribution < 1.29 is 14.7 Å². The fraction of sp³-hybridized carbons (Fsp3) is 0.200. The Balaban J connectivity index is 1.73.